The van der Waals surface area contributed by atoms with Gasteiger partial charge < -0.3 is 25.2 Å². The third-order valence-electron chi connectivity index (χ3n) is 5.96. The summed E-state index contributed by atoms with van der Waals surface area (Å²) >= 11 is 0. The highest BCUT2D eigenvalue weighted by molar-refractivity contribution is 5.98. The van der Waals surface area contributed by atoms with Crippen molar-refractivity contribution in [2.24, 2.45) is 5.92 Å². The molecular weight excluding hydrogens is 513 g/mol. The molecule has 1 aromatic heterocycles. The quantitative estimate of drug-likeness (QED) is 0.403. The second-order valence-corrected chi connectivity index (χ2v) is 8.40. The van der Waals surface area contributed by atoms with Gasteiger partial charge in [-0.3, -0.25) is 9.59 Å². The Morgan fingerprint density at radius 2 is 1.68 bits per heavy atom. The fourth-order valence-corrected chi connectivity index (χ4v) is 4.03. The second-order valence-electron chi connectivity index (χ2n) is 8.40. The summed E-state index contributed by atoms with van der Waals surface area (Å²) < 4.78 is 44.1. The van der Waals surface area contributed by atoms with E-state index in [2.05, 4.69) is 15.3 Å². The SMILES string of the molecule is COC(=O)c1nc2ccc(C(F)(F)F)cc2nc1Nc1ccc(C(=O)N2CC(C(=O)O)CC2C(=O)O)cc1. The highest BCUT2D eigenvalue weighted by atomic mass is 19.4. The molecule has 1 amide bonds. The number of hydrogen-bond donors (Lipinski definition) is 3. The number of carbonyl (C=O) groups is 4. The van der Waals surface area contributed by atoms with Gasteiger partial charge in [0.15, 0.2) is 11.5 Å². The maximum absolute atomic E-state index is 13.1. The van der Waals surface area contributed by atoms with Crippen LogP contribution in [0.4, 0.5) is 24.7 Å². The van der Waals surface area contributed by atoms with Crippen molar-refractivity contribution in [2.45, 2.75) is 18.6 Å². The first-order valence-electron chi connectivity index (χ1n) is 11.0. The Morgan fingerprint density at radius 1 is 1.00 bits per heavy atom. The van der Waals surface area contributed by atoms with Crippen molar-refractivity contribution in [3.8, 4) is 0 Å². The minimum atomic E-state index is -4.62. The zero-order valence-corrected chi connectivity index (χ0v) is 19.5. The first kappa shape index (κ1) is 26.3. The molecule has 0 saturated carbocycles. The van der Waals surface area contributed by atoms with Gasteiger partial charge in [-0.05, 0) is 48.9 Å². The largest absolute Gasteiger partial charge is 0.481 e. The number of anilines is 2. The molecule has 0 bridgehead atoms. The number of methoxy groups -OCH3 is 1. The molecule has 4 rings (SSSR count). The molecule has 0 radical (unpaired) electrons. The number of benzene rings is 2. The van der Waals surface area contributed by atoms with Gasteiger partial charge in [0.25, 0.3) is 5.91 Å². The van der Waals surface area contributed by atoms with Crippen molar-refractivity contribution >= 4 is 46.4 Å². The molecule has 38 heavy (non-hydrogen) atoms. The standard InChI is InChI=1S/C24H19F3N4O7/c1-38-23(37)18-19(30-16-9-13(24(25,26)27)4-7-15(16)29-18)28-14-5-2-11(3-6-14)20(32)31-10-12(21(33)34)8-17(31)22(35)36/h2-7,9,12,17H,8,10H2,1H3,(H,28,30)(H,33,34)(H,35,36). The summed E-state index contributed by atoms with van der Waals surface area (Å²) in [6.07, 6.45) is -4.84. The number of carboxylic acids is 2. The Hall–Kier alpha value is -4.75. The number of aliphatic carboxylic acids is 2. The monoisotopic (exact) mass is 532 g/mol. The lowest BCUT2D eigenvalue weighted by molar-refractivity contribution is -0.142. The summed E-state index contributed by atoms with van der Waals surface area (Å²) in [5.41, 5.74) is -1.01. The van der Waals surface area contributed by atoms with Crippen LogP contribution in [0.2, 0.25) is 0 Å². The number of nitrogens with one attached hydrogen (secondary N) is 1. The predicted molar refractivity (Wildman–Crippen MR) is 124 cm³/mol. The van der Waals surface area contributed by atoms with E-state index in [0.29, 0.717) is 0 Å². The first-order chi connectivity index (χ1) is 17.9. The molecule has 3 aromatic rings. The Morgan fingerprint density at radius 3 is 2.26 bits per heavy atom. The van der Waals surface area contributed by atoms with Crippen LogP contribution in [0, 0.1) is 5.92 Å². The average Bonchev–Trinajstić information content (AvgIpc) is 3.33. The van der Waals surface area contributed by atoms with E-state index in [1.54, 1.807) is 0 Å². The number of esters is 1. The van der Waals surface area contributed by atoms with Crippen LogP contribution in [0.25, 0.3) is 11.0 Å². The van der Waals surface area contributed by atoms with E-state index < -0.39 is 47.5 Å². The number of nitrogens with zero attached hydrogens (tertiary/aromatic N) is 3. The van der Waals surface area contributed by atoms with Crippen molar-refractivity contribution < 1.29 is 47.3 Å². The average molecular weight is 532 g/mol. The molecule has 11 nitrogen and oxygen atoms in total. The summed E-state index contributed by atoms with van der Waals surface area (Å²) in [4.78, 5) is 57.2. The third kappa shape index (κ3) is 5.19. The highest BCUT2D eigenvalue weighted by Gasteiger charge is 2.42. The molecule has 1 fully saturated rings. The topological polar surface area (TPSA) is 159 Å². The van der Waals surface area contributed by atoms with Gasteiger partial charge in [-0.15, -0.1) is 0 Å². The van der Waals surface area contributed by atoms with Crippen molar-refractivity contribution in [1.82, 2.24) is 14.9 Å². The first-order valence-corrected chi connectivity index (χ1v) is 11.0. The number of likely N-dealkylation sites (tertiary alicyclic amines) is 1. The molecule has 0 aliphatic carbocycles. The van der Waals surface area contributed by atoms with Crippen molar-refractivity contribution in [3.05, 3.63) is 59.3 Å². The molecular formula is C24H19F3N4O7. The summed E-state index contributed by atoms with van der Waals surface area (Å²) in [6, 6.07) is 6.86. The molecule has 2 aromatic carbocycles. The van der Waals surface area contributed by atoms with Crippen LogP contribution in [0.15, 0.2) is 42.5 Å². The van der Waals surface area contributed by atoms with E-state index in [1.165, 1.54) is 24.3 Å². The van der Waals surface area contributed by atoms with Gasteiger partial charge in [-0.25, -0.2) is 19.6 Å². The fraction of sp³-hybridized carbons (Fsp3) is 0.250. The number of carboxylic acid groups (broad SMARTS) is 2. The summed E-state index contributed by atoms with van der Waals surface area (Å²) in [6.45, 7) is -0.264. The summed E-state index contributed by atoms with van der Waals surface area (Å²) in [5, 5.41) is 21.4. The number of hydrogen-bond acceptors (Lipinski definition) is 8. The van der Waals surface area contributed by atoms with Crippen LogP contribution in [-0.2, 0) is 20.5 Å². The minimum absolute atomic E-state index is 0.0307. The van der Waals surface area contributed by atoms with Crippen LogP contribution >= 0.6 is 0 Å². The number of alkyl halides is 3. The van der Waals surface area contributed by atoms with E-state index in [9.17, 15) is 42.6 Å². The van der Waals surface area contributed by atoms with Gasteiger partial charge in [0, 0.05) is 17.8 Å². The van der Waals surface area contributed by atoms with E-state index in [1.807, 2.05) is 0 Å². The van der Waals surface area contributed by atoms with Gasteiger partial charge in [0.1, 0.15) is 6.04 Å². The number of amides is 1. The molecule has 3 N–H and O–H groups in total. The minimum Gasteiger partial charge on any atom is -0.481 e. The van der Waals surface area contributed by atoms with Crippen LogP contribution in [0.1, 0.15) is 32.8 Å². The number of rotatable bonds is 6. The summed E-state index contributed by atoms with van der Waals surface area (Å²) in [7, 11) is 1.10. The van der Waals surface area contributed by atoms with Crippen LogP contribution in [0.5, 0.6) is 0 Å². The Bertz CT molecular complexity index is 1440. The fourth-order valence-electron chi connectivity index (χ4n) is 4.03. The predicted octanol–water partition coefficient (Wildman–Crippen LogP) is 3.18. The number of ether oxygens (including phenoxy) is 1. The van der Waals surface area contributed by atoms with E-state index >= 15 is 0 Å². The normalized spacial score (nSPS) is 17.3. The zero-order chi connectivity index (χ0) is 27.8. The lowest BCUT2D eigenvalue weighted by Crippen LogP contribution is -2.40. The Kier molecular flexibility index (Phi) is 6.89. The molecule has 1 aliphatic heterocycles. The zero-order valence-electron chi connectivity index (χ0n) is 19.5. The maximum atomic E-state index is 13.1. The molecule has 0 spiro atoms. The van der Waals surface area contributed by atoms with E-state index in [0.717, 1.165) is 30.2 Å². The van der Waals surface area contributed by atoms with E-state index in [4.69, 9.17) is 4.74 Å². The lowest BCUT2D eigenvalue weighted by Gasteiger charge is -2.21. The van der Waals surface area contributed by atoms with Crippen LogP contribution < -0.4 is 5.32 Å². The Balaban J connectivity index is 1.63. The van der Waals surface area contributed by atoms with Crippen LogP contribution in [0.3, 0.4) is 0 Å². The number of fused-ring (bicyclic) bond motifs is 1. The van der Waals surface area contributed by atoms with Gasteiger partial charge >= 0.3 is 24.1 Å². The number of carbonyl (C=O) groups excluding carboxylic acids is 2. The van der Waals surface area contributed by atoms with Crippen molar-refractivity contribution in [3.63, 3.8) is 0 Å². The van der Waals surface area contributed by atoms with Gasteiger partial charge in [-0.2, -0.15) is 13.2 Å². The molecule has 1 saturated heterocycles. The third-order valence-corrected chi connectivity index (χ3v) is 5.96. The summed E-state index contributed by atoms with van der Waals surface area (Å²) in [5.74, 6) is -5.31. The van der Waals surface area contributed by atoms with Crippen molar-refractivity contribution in [2.75, 3.05) is 19.0 Å². The molecule has 14 heteroatoms. The molecule has 198 valence electrons. The molecule has 1 aliphatic rings. The molecule has 2 heterocycles. The lowest BCUT2D eigenvalue weighted by atomic mass is 10.1. The molecule has 2 unspecified atom stereocenters. The number of halogens is 3. The maximum Gasteiger partial charge on any atom is 0.416 e. The highest BCUT2D eigenvalue weighted by Crippen LogP contribution is 2.32. The number of aromatic nitrogens is 2. The van der Waals surface area contributed by atoms with Gasteiger partial charge in [-0.1, -0.05) is 0 Å². The smallest absolute Gasteiger partial charge is 0.416 e. The second kappa shape index (κ2) is 9.95. The van der Waals surface area contributed by atoms with Gasteiger partial charge in [0.05, 0.1) is 29.6 Å². The molecule has 2 atom stereocenters. The Labute approximate surface area is 211 Å². The van der Waals surface area contributed by atoms with Crippen LogP contribution in [-0.4, -0.2) is 68.6 Å². The van der Waals surface area contributed by atoms with Crippen molar-refractivity contribution in [1.29, 1.82) is 0 Å². The van der Waals surface area contributed by atoms with E-state index in [-0.39, 0.29) is 46.8 Å². The van der Waals surface area contributed by atoms with Gasteiger partial charge in [0.2, 0.25) is 0 Å².